The molecule has 3 heteroatoms. The average Bonchev–Trinajstić information content (AvgIpc) is 2.94. The van der Waals surface area contributed by atoms with Crippen molar-refractivity contribution < 1.29 is 4.79 Å². The van der Waals surface area contributed by atoms with Gasteiger partial charge in [-0.3, -0.25) is 10.1 Å². The number of amides is 1. The highest BCUT2D eigenvalue weighted by Gasteiger charge is 2.29. The Hall–Kier alpha value is -0.570. The molecule has 2 aliphatic rings. The SMILES string of the molecule is CCCC1NCN(CCCC2CCCC2)C1=O. The fourth-order valence-corrected chi connectivity index (χ4v) is 3.18. The molecule has 1 amide bonds. The Balaban J connectivity index is 1.64. The molecule has 98 valence electrons. The van der Waals surface area contributed by atoms with E-state index in [2.05, 4.69) is 12.2 Å². The van der Waals surface area contributed by atoms with E-state index in [1.165, 1.54) is 38.5 Å². The van der Waals surface area contributed by atoms with Gasteiger partial charge < -0.3 is 4.90 Å². The number of rotatable bonds is 6. The van der Waals surface area contributed by atoms with Crippen LogP contribution in [0.1, 0.15) is 58.3 Å². The monoisotopic (exact) mass is 238 g/mol. The number of nitrogens with one attached hydrogen (secondary N) is 1. The number of carbonyl (C=O) groups excluding carboxylic acids is 1. The van der Waals surface area contributed by atoms with E-state index in [0.717, 1.165) is 32.0 Å². The van der Waals surface area contributed by atoms with Crippen LogP contribution >= 0.6 is 0 Å². The lowest BCUT2D eigenvalue weighted by molar-refractivity contribution is -0.129. The minimum atomic E-state index is 0.103. The summed E-state index contributed by atoms with van der Waals surface area (Å²) in [7, 11) is 0. The first-order chi connectivity index (χ1) is 8.31. The molecule has 1 aliphatic carbocycles. The number of hydrogen-bond acceptors (Lipinski definition) is 2. The van der Waals surface area contributed by atoms with Gasteiger partial charge in [0.1, 0.15) is 0 Å². The maximum atomic E-state index is 12.0. The average molecular weight is 238 g/mol. The van der Waals surface area contributed by atoms with E-state index < -0.39 is 0 Å². The fraction of sp³-hybridized carbons (Fsp3) is 0.929. The van der Waals surface area contributed by atoms with Gasteiger partial charge in [0.15, 0.2) is 0 Å². The minimum absolute atomic E-state index is 0.103. The first-order valence-corrected chi connectivity index (χ1v) is 7.33. The molecule has 1 unspecified atom stereocenters. The molecule has 1 heterocycles. The molecule has 1 aliphatic heterocycles. The number of hydrogen-bond donors (Lipinski definition) is 1. The van der Waals surface area contributed by atoms with Gasteiger partial charge in [-0.1, -0.05) is 39.0 Å². The van der Waals surface area contributed by atoms with Crippen LogP contribution < -0.4 is 5.32 Å². The summed E-state index contributed by atoms with van der Waals surface area (Å²) in [6, 6.07) is 0.103. The summed E-state index contributed by atoms with van der Waals surface area (Å²) in [5.41, 5.74) is 0. The Labute approximate surface area is 105 Å². The predicted octanol–water partition coefficient (Wildman–Crippen LogP) is 2.51. The Kier molecular flexibility index (Phi) is 4.84. The normalized spacial score (nSPS) is 26.1. The Bertz CT molecular complexity index is 249. The quantitative estimate of drug-likeness (QED) is 0.771. The summed E-state index contributed by atoms with van der Waals surface area (Å²) >= 11 is 0. The molecule has 0 bridgehead atoms. The van der Waals surface area contributed by atoms with Crippen molar-refractivity contribution in [1.82, 2.24) is 10.2 Å². The van der Waals surface area contributed by atoms with Crippen LogP contribution in [-0.4, -0.2) is 30.1 Å². The molecule has 17 heavy (non-hydrogen) atoms. The molecule has 2 fully saturated rings. The first kappa shape index (κ1) is 12.9. The molecule has 3 nitrogen and oxygen atoms in total. The third-order valence-electron chi connectivity index (χ3n) is 4.23. The predicted molar refractivity (Wildman–Crippen MR) is 69.6 cm³/mol. The van der Waals surface area contributed by atoms with E-state index in [1.807, 2.05) is 4.90 Å². The summed E-state index contributed by atoms with van der Waals surface area (Å²) < 4.78 is 0. The lowest BCUT2D eigenvalue weighted by Gasteiger charge is -2.16. The van der Waals surface area contributed by atoms with Crippen LogP contribution in [0, 0.1) is 5.92 Å². The molecule has 0 radical (unpaired) electrons. The van der Waals surface area contributed by atoms with E-state index in [1.54, 1.807) is 0 Å². The Morgan fingerprint density at radius 2 is 2.06 bits per heavy atom. The van der Waals surface area contributed by atoms with Crippen molar-refractivity contribution in [2.75, 3.05) is 13.2 Å². The zero-order chi connectivity index (χ0) is 12.1. The maximum absolute atomic E-state index is 12.0. The van der Waals surface area contributed by atoms with Gasteiger partial charge in [-0.2, -0.15) is 0 Å². The largest absolute Gasteiger partial charge is 0.329 e. The van der Waals surface area contributed by atoms with Gasteiger partial charge in [-0.25, -0.2) is 0 Å². The second-order valence-electron chi connectivity index (χ2n) is 5.60. The first-order valence-electron chi connectivity index (χ1n) is 7.33. The topological polar surface area (TPSA) is 32.3 Å². The minimum Gasteiger partial charge on any atom is -0.329 e. The Morgan fingerprint density at radius 1 is 1.29 bits per heavy atom. The van der Waals surface area contributed by atoms with Crippen LogP contribution in [0.2, 0.25) is 0 Å². The highest BCUT2D eigenvalue weighted by atomic mass is 16.2. The highest BCUT2D eigenvalue weighted by molar-refractivity contribution is 5.83. The second kappa shape index (κ2) is 6.39. The molecule has 0 aromatic rings. The third kappa shape index (κ3) is 3.44. The zero-order valence-electron chi connectivity index (χ0n) is 11.1. The maximum Gasteiger partial charge on any atom is 0.240 e. The van der Waals surface area contributed by atoms with Gasteiger partial charge in [0, 0.05) is 6.54 Å². The molecule has 0 aromatic carbocycles. The van der Waals surface area contributed by atoms with E-state index in [0.29, 0.717) is 5.91 Å². The van der Waals surface area contributed by atoms with E-state index >= 15 is 0 Å². The van der Waals surface area contributed by atoms with Gasteiger partial charge in [-0.15, -0.1) is 0 Å². The highest BCUT2D eigenvalue weighted by Crippen LogP contribution is 2.28. The van der Waals surface area contributed by atoms with E-state index in [4.69, 9.17) is 0 Å². The van der Waals surface area contributed by atoms with Crippen LogP contribution in [-0.2, 0) is 4.79 Å². The third-order valence-corrected chi connectivity index (χ3v) is 4.23. The van der Waals surface area contributed by atoms with Crippen LogP contribution in [0.25, 0.3) is 0 Å². The van der Waals surface area contributed by atoms with E-state index in [9.17, 15) is 4.79 Å². The summed E-state index contributed by atoms with van der Waals surface area (Å²) in [5.74, 6) is 1.28. The molecule has 2 rings (SSSR count). The molecule has 0 spiro atoms. The van der Waals surface area contributed by atoms with Crippen molar-refractivity contribution in [3.63, 3.8) is 0 Å². The Morgan fingerprint density at radius 3 is 2.76 bits per heavy atom. The standard InChI is InChI=1S/C14H26N2O/c1-2-6-13-14(17)16(11-15-13)10-5-9-12-7-3-4-8-12/h12-13,15H,2-11H2,1H3. The summed E-state index contributed by atoms with van der Waals surface area (Å²) in [4.78, 5) is 14.0. The summed E-state index contributed by atoms with van der Waals surface area (Å²) in [6.07, 6.45) is 10.3. The van der Waals surface area contributed by atoms with Gasteiger partial charge >= 0.3 is 0 Å². The summed E-state index contributed by atoms with van der Waals surface area (Å²) in [5, 5.41) is 3.31. The van der Waals surface area contributed by atoms with Crippen LogP contribution in [0.4, 0.5) is 0 Å². The molecular weight excluding hydrogens is 212 g/mol. The van der Waals surface area contributed by atoms with Crippen LogP contribution in [0.15, 0.2) is 0 Å². The van der Waals surface area contributed by atoms with Crippen LogP contribution in [0.3, 0.4) is 0 Å². The van der Waals surface area contributed by atoms with Crippen LogP contribution in [0.5, 0.6) is 0 Å². The number of nitrogens with zero attached hydrogens (tertiary/aromatic N) is 1. The van der Waals surface area contributed by atoms with Crippen molar-refractivity contribution in [2.45, 2.75) is 64.3 Å². The van der Waals surface area contributed by atoms with E-state index in [-0.39, 0.29) is 6.04 Å². The number of carbonyl (C=O) groups is 1. The van der Waals surface area contributed by atoms with Gasteiger partial charge in [0.2, 0.25) is 5.91 Å². The fourth-order valence-electron chi connectivity index (χ4n) is 3.18. The molecule has 1 saturated carbocycles. The smallest absolute Gasteiger partial charge is 0.240 e. The van der Waals surface area contributed by atoms with Gasteiger partial charge in [-0.05, 0) is 25.2 Å². The molecule has 1 atom stereocenters. The van der Waals surface area contributed by atoms with Gasteiger partial charge in [0.25, 0.3) is 0 Å². The van der Waals surface area contributed by atoms with Crippen molar-refractivity contribution in [3.8, 4) is 0 Å². The van der Waals surface area contributed by atoms with Gasteiger partial charge in [0.05, 0.1) is 12.7 Å². The lowest BCUT2D eigenvalue weighted by atomic mass is 10.0. The van der Waals surface area contributed by atoms with Crippen molar-refractivity contribution in [2.24, 2.45) is 5.92 Å². The molecule has 1 N–H and O–H groups in total. The lowest BCUT2D eigenvalue weighted by Crippen LogP contribution is -2.31. The molecule has 1 saturated heterocycles. The van der Waals surface area contributed by atoms with Crippen molar-refractivity contribution in [1.29, 1.82) is 0 Å². The zero-order valence-corrected chi connectivity index (χ0v) is 11.1. The summed E-state index contributed by atoms with van der Waals surface area (Å²) in [6.45, 7) is 3.87. The van der Waals surface area contributed by atoms with Crippen molar-refractivity contribution in [3.05, 3.63) is 0 Å². The molecular formula is C14H26N2O. The molecule has 0 aromatic heterocycles. The van der Waals surface area contributed by atoms with Crippen molar-refractivity contribution >= 4 is 5.91 Å². The second-order valence-corrected chi connectivity index (χ2v) is 5.60.